The molecule has 0 unspecified atom stereocenters. The van der Waals surface area contributed by atoms with Crippen LogP contribution in [0, 0.1) is 0 Å². The van der Waals surface area contributed by atoms with Gasteiger partial charge in [0.05, 0.1) is 0 Å². The summed E-state index contributed by atoms with van der Waals surface area (Å²) in [6.45, 7) is 0. The fourth-order valence-corrected chi connectivity index (χ4v) is 1.10. The summed E-state index contributed by atoms with van der Waals surface area (Å²) in [5, 5.41) is 1.92. The van der Waals surface area contributed by atoms with Crippen molar-refractivity contribution < 1.29 is 0 Å². The molecule has 0 aromatic carbocycles. The predicted molar refractivity (Wildman–Crippen MR) is 41.6 cm³/mol. The largest absolute Gasteiger partial charge is 0.306 e. The van der Waals surface area contributed by atoms with E-state index in [1.165, 1.54) is 4.91 Å². The van der Waals surface area contributed by atoms with Crippen LogP contribution in [0.2, 0.25) is 0 Å². The Morgan fingerprint density at radius 1 is 1.67 bits per heavy atom. The number of nitrogens with zero attached hydrogens (tertiary/aromatic N) is 1. The summed E-state index contributed by atoms with van der Waals surface area (Å²) in [6.07, 6.45) is 8.08. The standard InChI is InChI=1S/C6H10N2S/c1-8-5-6(9-2)3-4-7-8/h3-5,7H,1-2H3. The first-order chi connectivity index (χ1) is 4.33. The molecule has 1 heterocycles. The van der Waals surface area contributed by atoms with Crippen LogP contribution in [-0.4, -0.2) is 18.3 Å². The van der Waals surface area contributed by atoms with Crippen molar-refractivity contribution in [3.05, 3.63) is 23.4 Å². The molecule has 0 aromatic rings. The number of rotatable bonds is 1. The third-order valence-electron chi connectivity index (χ3n) is 1.08. The van der Waals surface area contributed by atoms with Gasteiger partial charge in [-0.2, -0.15) is 0 Å². The maximum absolute atomic E-state index is 3.01. The van der Waals surface area contributed by atoms with E-state index in [1.807, 2.05) is 30.5 Å². The van der Waals surface area contributed by atoms with Gasteiger partial charge in [-0.1, -0.05) is 0 Å². The van der Waals surface area contributed by atoms with Crippen LogP contribution < -0.4 is 5.43 Å². The molecule has 0 amide bonds. The van der Waals surface area contributed by atoms with Crippen LogP contribution in [0.1, 0.15) is 0 Å². The average Bonchev–Trinajstić information content (AvgIpc) is 1.88. The monoisotopic (exact) mass is 142 g/mol. The van der Waals surface area contributed by atoms with Crippen molar-refractivity contribution in [2.24, 2.45) is 0 Å². The highest BCUT2D eigenvalue weighted by Crippen LogP contribution is 2.14. The van der Waals surface area contributed by atoms with Gasteiger partial charge in [-0.15, -0.1) is 11.8 Å². The third kappa shape index (κ3) is 1.68. The zero-order valence-corrected chi connectivity index (χ0v) is 6.40. The zero-order chi connectivity index (χ0) is 6.69. The lowest BCUT2D eigenvalue weighted by Crippen LogP contribution is -2.26. The lowest BCUT2D eigenvalue weighted by Gasteiger charge is -2.18. The highest BCUT2D eigenvalue weighted by atomic mass is 32.2. The molecule has 3 heteroatoms. The molecule has 0 bridgehead atoms. The zero-order valence-electron chi connectivity index (χ0n) is 5.59. The molecule has 0 atom stereocenters. The Balaban J connectivity index is 2.59. The SMILES string of the molecule is CSC1=CN(C)NC=C1. The first kappa shape index (κ1) is 6.55. The Kier molecular flexibility index (Phi) is 2.05. The van der Waals surface area contributed by atoms with Crippen LogP contribution in [0.25, 0.3) is 0 Å². The molecule has 50 valence electrons. The number of hydrazine groups is 1. The molecule has 0 fully saturated rings. The van der Waals surface area contributed by atoms with Gasteiger partial charge >= 0.3 is 0 Å². The first-order valence-corrected chi connectivity index (χ1v) is 3.97. The topological polar surface area (TPSA) is 15.3 Å². The number of allylic oxidation sites excluding steroid dienone is 1. The smallest absolute Gasteiger partial charge is 0.0343 e. The summed E-state index contributed by atoms with van der Waals surface area (Å²) in [7, 11) is 1.97. The first-order valence-electron chi connectivity index (χ1n) is 2.74. The molecule has 9 heavy (non-hydrogen) atoms. The van der Waals surface area contributed by atoms with Crippen molar-refractivity contribution in [3.63, 3.8) is 0 Å². The van der Waals surface area contributed by atoms with E-state index in [2.05, 4.69) is 11.7 Å². The quantitative estimate of drug-likeness (QED) is 0.591. The van der Waals surface area contributed by atoms with Crippen LogP contribution >= 0.6 is 11.8 Å². The van der Waals surface area contributed by atoms with Gasteiger partial charge in [0.1, 0.15) is 0 Å². The van der Waals surface area contributed by atoms with Gasteiger partial charge < -0.3 is 5.43 Å². The van der Waals surface area contributed by atoms with Crippen LogP contribution in [0.15, 0.2) is 23.4 Å². The van der Waals surface area contributed by atoms with E-state index in [0.717, 1.165) is 0 Å². The van der Waals surface area contributed by atoms with Gasteiger partial charge in [-0.05, 0) is 12.3 Å². The van der Waals surface area contributed by atoms with Crippen LogP contribution in [0.4, 0.5) is 0 Å². The van der Waals surface area contributed by atoms with Crippen molar-refractivity contribution in [2.45, 2.75) is 0 Å². The molecular weight excluding hydrogens is 132 g/mol. The summed E-state index contributed by atoms with van der Waals surface area (Å²) in [5.41, 5.74) is 3.01. The number of nitrogens with one attached hydrogen (secondary N) is 1. The Hall–Kier alpha value is -0.570. The second-order valence-electron chi connectivity index (χ2n) is 1.81. The second-order valence-corrected chi connectivity index (χ2v) is 2.69. The summed E-state index contributed by atoms with van der Waals surface area (Å²) < 4.78 is 0. The Labute approximate surface area is 59.6 Å². The van der Waals surface area contributed by atoms with E-state index in [-0.39, 0.29) is 0 Å². The molecule has 0 saturated heterocycles. The third-order valence-corrected chi connectivity index (χ3v) is 1.80. The molecule has 0 aliphatic carbocycles. The lowest BCUT2D eigenvalue weighted by molar-refractivity contribution is 0.381. The van der Waals surface area contributed by atoms with Crippen molar-refractivity contribution in [3.8, 4) is 0 Å². The molecule has 0 aromatic heterocycles. The summed E-state index contributed by atoms with van der Waals surface area (Å²) >= 11 is 1.74. The molecule has 1 aliphatic rings. The molecule has 0 radical (unpaired) electrons. The molecular formula is C6H10N2S. The molecule has 0 saturated carbocycles. The minimum atomic E-state index is 1.27. The van der Waals surface area contributed by atoms with E-state index in [0.29, 0.717) is 0 Å². The van der Waals surface area contributed by atoms with Crippen LogP contribution in [-0.2, 0) is 0 Å². The van der Waals surface area contributed by atoms with Gasteiger partial charge in [0.2, 0.25) is 0 Å². The van der Waals surface area contributed by atoms with Crippen LogP contribution in [0.5, 0.6) is 0 Å². The Morgan fingerprint density at radius 2 is 2.44 bits per heavy atom. The number of thioether (sulfide) groups is 1. The number of hydrogen-bond acceptors (Lipinski definition) is 3. The molecule has 2 nitrogen and oxygen atoms in total. The van der Waals surface area contributed by atoms with Gasteiger partial charge in [0.25, 0.3) is 0 Å². The average molecular weight is 142 g/mol. The molecule has 1 rings (SSSR count). The van der Waals surface area contributed by atoms with Gasteiger partial charge in [-0.25, -0.2) is 0 Å². The summed E-state index contributed by atoms with van der Waals surface area (Å²) in [5.74, 6) is 0. The van der Waals surface area contributed by atoms with E-state index in [9.17, 15) is 0 Å². The van der Waals surface area contributed by atoms with Crippen molar-refractivity contribution >= 4 is 11.8 Å². The van der Waals surface area contributed by atoms with E-state index in [1.54, 1.807) is 11.8 Å². The minimum Gasteiger partial charge on any atom is -0.306 e. The highest BCUT2D eigenvalue weighted by Gasteiger charge is 1.95. The fraction of sp³-hybridized carbons (Fsp3) is 0.333. The normalized spacial score (nSPS) is 17.1. The maximum atomic E-state index is 3.01. The minimum absolute atomic E-state index is 1.27. The van der Waals surface area contributed by atoms with Crippen molar-refractivity contribution in [2.75, 3.05) is 13.3 Å². The maximum Gasteiger partial charge on any atom is 0.0343 e. The van der Waals surface area contributed by atoms with Crippen molar-refractivity contribution in [1.29, 1.82) is 0 Å². The van der Waals surface area contributed by atoms with Gasteiger partial charge in [-0.3, -0.25) is 5.01 Å². The predicted octanol–water partition coefficient (Wildman–Crippen LogP) is 1.15. The Bertz CT molecular complexity index is 151. The fourth-order valence-electron chi connectivity index (χ4n) is 0.629. The highest BCUT2D eigenvalue weighted by molar-refractivity contribution is 8.02. The van der Waals surface area contributed by atoms with Gasteiger partial charge in [0.15, 0.2) is 0 Å². The molecule has 1 aliphatic heterocycles. The Morgan fingerprint density at radius 3 is 2.89 bits per heavy atom. The van der Waals surface area contributed by atoms with E-state index >= 15 is 0 Å². The second kappa shape index (κ2) is 2.82. The number of hydrogen-bond donors (Lipinski definition) is 1. The summed E-state index contributed by atoms with van der Waals surface area (Å²) in [6, 6.07) is 0. The molecule has 0 spiro atoms. The lowest BCUT2D eigenvalue weighted by atomic mass is 10.5. The summed E-state index contributed by atoms with van der Waals surface area (Å²) in [4.78, 5) is 1.27. The van der Waals surface area contributed by atoms with Gasteiger partial charge in [0, 0.05) is 24.4 Å². The molecule has 1 N–H and O–H groups in total. The van der Waals surface area contributed by atoms with Crippen LogP contribution in [0.3, 0.4) is 0 Å². The van der Waals surface area contributed by atoms with E-state index in [4.69, 9.17) is 0 Å². The van der Waals surface area contributed by atoms with Crippen molar-refractivity contribution in [1.82, 2.24) is 10.4 Å². The van der Waals surface area contributed by atoms with E-state index < -0.39 is 0 Å².